The second kappa shape index (κ2) is 8.34. The Balaban J connectivity index is 1.73. The molecule has 0 aliphatic heterocycles. The molecule has 27 heavy (non-hydrogen) atoms. The predicted octanol–water partition coefficient (Wildman–Crippen LogP) is 5.19. The van der Waals surface area contributed by atoms with Crippen LogP contribution in [-0.4, -0.2) is 16.8 Å². The lowest BCUT2D eigenvalue weighted by atomic mass is 10.1. The van der Waals surface area contributed by atoms with Gasteiger partial charge in [-0.05, 0) is 48.0 Å². The third-order valence-electron chi connectivity index (χ3n) is 3.82. The smallest absolute Gasteiger partial charge is 0.257 e. The second-order valence-corrected chi connectivity index (χ2v) is 6.21. The van der Waals surface area contributed by atoms with Gasteiger partial charge < -0.3 is 10.4 Å². The SMILES string of the molecule is O=C(/C=C/c1cccc(NC(=O)c2ccccc2Cl)c1)c1cccc(O)c1. The first-order valence-corrected chi connectivity index (χ1v) is 8.58. The van der Waals surface area contributed by atoms with Gasteiger partial charge in [0.15, 0.2) is 5.78 Å². The van der Waals surface area contributed by atoms with Gasteiger partial charge >= 0.3 is 0 Å². The molecule has 0 saturated carbocycles. The number of halogens is 1. The van der Waals surface area contributed by atoms with E-state index in [0.717, 1.165) is 5.56 Å². The zero-order valence-electron chi connectivity index (χ0n) is 14.2. The van der Waals surface area contributed by atoms with Gasteiger partial charge in [-0.15, -0.1) is 0 Å². The van der Waals surface area contributed by atoms with E-state index < -0.39 is 0 Å². The molecule has 134 valence electrons. The van der Waals surface area contributed by atoms with Crippen LogP contribution < -0.4 is 5.32 Å². The lowest BCUT2D eigenvalue weighted by Crippen LogP contribution is -2.12. The van der Waals surface area contributed by atoms with Crippen LogP contribution in [0.15, 0.2) is 78.9 Å². The van der Waals surface area contributed by atoms with Crippen LogP contribution in [0, 0.1) is 0 Å². The molecule has 0 radical (unpaired) electrons. The molecule has 2 N–H and O–H groups in total. The Morgan fingerprint density at radius 3 is 2.48 bits per heavy atom. The summed E-state index contributed by atoms with van der Waals surface area (Å²) in [5.74, 6) is -0.493. The van der Waals surface area contributed by atoms with Gasteiger partial charge in [0, 0.05) is 11.3 Å². The summed E-state index contributed by atoms with van der Waals surface area (Å²) >= 11 is 6.04. The number of hydrogen-bond acceptors (Lipinski definition) is 3. The van der Waals surface area contributed by atoms with Gasteiger partial charge in [0.25, 0.3) is 5.91 Å². The van der Waals surface area contributed by atoms with Crippen LogP contribution in [0.1, 0.15) is 26.3 Å². The molecule has 0 unspecified atom stereocenters. The largest absolute Gasteiger partial charge is 0.508 e. The number of aromatic hydroxyl groups is 1. The average molecular weight is 378 g/mol. The number of benzene rings is 3. The van der Waals surface area contributed by atoms with Crippen molar-refractivity contribution in [3.63, 3.8) is 0 Å². The average Bonchev–Trinajstić information content (AvgIpc) is 2.66. The quantitative estimate of drug-likeness (QED) is 0.474. The van der Waals surface area contributed by atoms with Gasteiger partial charge in [-0.1, -0.05) is 54.1 Å². The molecule has 0 saturated heterocycles. The maximum Gasteiger partial charge on any atom is 0.257 e. The number of rotatable bonds is 5. The number of carbonyl (C=O) groups is 2. The molecule has 3 rings (SSSR count). The Morgan fingerprint density at radius 2 is 1.70 bits per heavy atom. The van der Waals surface area contributed by atoms with Gasteiger partial charge in [-0.3, -0.25) is 9.59 Å². The Morgan fingerprint density at radius 1 is 0.926 bits per heavy atom. The first kappa shape index (κ1) is 18.4. The summed E-state index contributed by atoms with van der Waals surface area (Å²) in [5.41, 5.74) is 2.13. The van der Waals surface area contributed by atoms with Crippen molar-refractivity contribution in [3.05, 3.63) is 101 Å². The fourth-order valence-electron chi connectivity index (χ4n) is 2.49. The molecule has 0 atom stereocenters. The summed E-state index contributed by atoms with van der Waals surface area (Å²) in [6.07, 6.45) is 3.07. The minimum absolute atomic E-state index is 0.0403. The third-order valence-corrected chi connectivity index (χ3v) is 4.15. The zero-order valence-corrected chi connectivity index (χ0v) is 15.0. The normalized spacial score (nSPS) is 10.7. The number of allylic oxidation sites excluding steroid dienone is 1. The topological polar surface area (TPSA) is 66.4 Å². The summed E-state index contributed by atoms with van der Waals surface area (Å²) in [7, 11) is 0. The van der Waals surface area contributed by atoms with E-state index in [4.69, 9.17) is 11.6 Å². The van der Waals surface area contributed by atoms with E-state index in [0.29, 0.717) is 21.8 Å². The highest BCUT2D eigenvalue weighted by atomic mass is 35.5. The first-order chi connectivity index (χ1) is 13.0. The molecular weight excluding hydrogens is 362 g/mol. The molecule has 0 fully saturated rings. The Hall–Kier alpha value is -3.37. The molecule has 1 amide bonds. The maximum absolute atomic E-state index is 12.3. The number of amides is 1. The number of ketones is 1. The van der Waals surface area contributed by atoms with Crippen LogP contribution >= 0.6 is 11.6 Å². The van der Waals surface area contributed by atoms with Crippen molar-refractivity contribution in [3.8, 4) is 5.75 Å². The summed E-state index contributed by atoms with van der Waals surface area (Å²) in [4.78, 5) is 24.5. The van der Waals surface area contributed by atoms with Crippen molar-refractivity contribution < 1.29 is 14.7 Å². The number of anilines is 1. The van der Waals surface area contributed by atoms with Crippen LogP contribution in [-0.2, 0) is 0 Å². The highest BCUT2D eigenvalue weighted by molar-refractivity contribution is 6.34. The van der Waals surface area contributed by atoms with Gasteiger partial charge in [0.2, 0.25) is 0 Å². The Labute approximate surface area is 161 Å². The van der Waals surface area contributed by atoms with E-state index >= 15 is 0 Å². The van der Waals surface area contributed by atoms with E-state index in [1.807, 2.05) is 6.07 Å². The van der Waals surface area contributed by atoms with E-state index in [2.05, 4.69) is 5.32 Å². The number of nitrogens with one attached hydrogen (secondary N) is 1. The molecule has 3 aromatic carbocycles. The molecule has 4 nitrogen and oxygen atoms in total. The highest BCUT2D eigenvalue weighted by Gasteiger charge is 2.09. The summed E-state index contributed by atoms with van der Waals surface area (Å²) in [5, 5.41) is 12.6. The van der Waals surface area contributed by atoms with Gasteiger partial charge in [-0.25, -0.2) is 0 Å². The molecule has 0 heterocycles. The van der Waals surface area contributed by atoms with Gasteiger partial charge in [-0.2, -0.15) is 0 Å². The lowest BCUT2D eigenvalue weighted by Gasteiger charge is -2.07. The minimum atomic E-state index is -0.308. The van der Waals surface area contributed by atoms with Crippen molar-refractivity contribution >= 4 is 35.1 Å². The van der Waals surface area contributed by atoms with Gasteiger partial charge in [0.1, 0.15) is 5.75 Å². The monoisotopic (exact) mass is 377 g/mol. The number of carbonyl (C=O) groups excluding carboxylic acids is 2. The summed E-state index contributed by atoms with van der Waals surface area (Å²) in [6.45, 7) is 0. The fraction of sp³-hybridized carbons (Fsp3) is 0. The van der Waals surface area contributed by atoms with Crippen molar-refractivity contribution in [1.82, 2.24) is 0 Å². The van der Waals surface area contributed by atoms with Crippen LogP contribution in [0.3, 0.4) is 0 Å². The number of phenols is 1. The van der Waals surface area contributed by atoms with Crippen molar-refractivity contribution in [1.29, 1.82) is 0 Å². The molecule has 0 aliphatic carbocycles. The molecule has 0 aliphatic rings. The van der Waals surface area contributed by atoms with E-state index in [1.165, 1.54) is 18.2 Å². The van der Waals surface area contributed by atoms with Crippen LogP contribution in [0.25, 0.3) is 6.08 Å². The minimum Gasteiger partial charge on any atom is -0.508 e. The zero-order chi connectivity index (χ0) is 19.2. The summed E-state index contributed by atoms with van der Waals surface area (Å²) < 4.78 is 0. The second-order valence-electron chi connectivity index (χ2n) is 5.81. The van der Waals surface area contributed by atoms with E-state index in [9.17, 15) is 14.7 Å². The van der Waals surface area contributed by atoms with Crippen molar-refractivity contribution in [2.24, 2.45) is 0 Å². The van der Waals surface area contributed by atoms with Crippen LogP contribution in [0.5, 0.6) is 5.75 Å². The Bertz CT molecular complexity index is 1030. The molecular formula is C22H16ClNO3. The Kier molecular flexibility index (Phi) is 5.69. The standard InChI is InChI=1S/C22H16ClNO3/c23-20-10-2-1-9-19(20)22(27)24-17-7-3-5-15(13-17)11-12-21(26)16-6-4-8-18(25)14-16/h1-14,25H,(H,24,27)/b12-11+. The molecule has 0 bridgehead atoms. The van der Waals surface area contributed by atoms with Crippen LogP contribution in [0.2, 0.25) is 5.02 Å². The maximum atomic E-state index is 12.3. The van der Waals surface area contributed by atoms with E-state index in [1.54, 1.807) is 60.7 Å². The molecule has 0 spiro atoms. The van der Waals surface area contributed by atoms with Crippen molar-refractivity contribution in [2.75, 3.05) is 5.32 Å². The van der Waals surface area contributed by atoms with Gasteiger partial charge in [0.05, 0.1) is 10.6 Å². The lowest BCUT2D eigenvalue weighted by molar-refractivity contribution is 0.102. The molecule has 5 heteroatoms. The molecule has 0 aromatic heterocycles. The van der Waals surface area contributed by atoms with E-state index in [-0.39, 0.29) is 17.4 Å². The van der Waals surface area contributed by atoms with Crippen LogP contribution in [0.4, 0.5) is 5.69 Å². The van der Waals surface area contributed by atoms with Crippen molar-refractivity contribution in [2.45, 2.75) is 0 Å². The highest BCUT2D eigenvalue weighted by Crippen LogP contribution is 2.19. The predicted molar refractivity (Wildman–Crippen MR) is 107 cm³/mol. The number of phenolic OH excluding ortho intramolecular Hbond substituents is 1. The number of hydrogen-bond donors (Lipinski definition) is 2. The molecule has 3 aromatic rings. The fourth-order valence-corrected chi connectivity index (χ4v) is 2.71. The first-order valence-electron chi connectivity index (χ1n) is 8.20. The third kappa shape index (κ3) is 4.84. The summed E-state index contributed by atoms with van der Waals surface area (Å²) in [6, 6.07) is 20.1.